The number of hydrogen-bond donors (Lipinski definition) is 1. The van der Waals surface area contributed by atoms with E-state index in [1.54, 1.807) is 12.1 Å². The maximum Gasteiger partial charge on any atom is 0.261 e. The van der Waals surface area contributed by atoms with E-state index >= 15 is 0 Å². The summed E-state index contributed by atoms with van der Waals surface area (Å²) in [5.41, 5.74) is 1.73. The maximum atomic E-state index is 13.7. The van der Waals surface area contributed by atoms with Crippen molar-refractivity contribution in [2.24, 2.45) is 0 Å². The first kappa shape index (κ1) is 21.6. The molecule has 0 spiro atoms. The molecule has 0 bridgehead atoms. The highest BCUT2D eigenvalue weighted by atomic mass is 35.5. The Morgan fingerprint density at radius 1 is 1.22 bits per heavy atom. The molecule has 1 amide bonds. The number of hydrogen-bond acceptors (Lipinski definition) is 3. The summed E-state index contributed by atoms with van der Waals surface area (Å²) in [6, 6.07) is 12.5. The van der Waals surface area contributed by atoms with Crippen LogP contribution < -0.4 is 10.1 Å². The van der Waals surface area contributed by atoms with E-state index < -0.39 is 6.10 Å². The second-order valence-electron chi connectivity index (χ2n) is 6.06. The fourth-order valence-corrected chi connectivity index (χ4v) is 3.69. The van der Waals surface area contributed by atoms with Crippen LogP contribution in [0.15, 0.2) is 42.5 Å². The Kier molecular flexibility index (Phi) is 8.95. The highest BCUT2D eigenvalue weighted by Crippen LogP contribution is 2.23. The van der Waals surface area contributed by atoms with Gasteiger partial charge in [0.25, 0.3) is 5.91 Å². The van der Waals surface area contributed by atoms with E-state index in [-0.39, 0.29) is 11.7 Å². The van der Waals surface area contributed by atoms with Gasteiger partial charge in [-0.3, -0.25) is 4.79 Å². The Balaban J connectivity index is 1.74. The molecule has 6 heteroatoms. The Morgan fingerprint density at radius 2 is 1.96 bits per heavy atom. The number of carbonyl (C=O) groups excluding carboxylic acids is 1. The molecule has 2 aromatic carbocycles. The fraction of sp³-hybridized carbons (Fsp3) is 0.381. The minimum absolute atomic E-state index is 0.137. The number of rotatable bonds is 10. The highest BCUT2D eigenvalue weighted by molar-refractivity contribution is 7.98. The maximum absolute atomic E-state index is 13.7. The van der Waals surface area contributed by atoms with Crippen LogP contribution in [0.4, 0.5) is 4.39 Å². The van der Waals surface area contributed by atoms with Gasteiger partial charge in [-0.25, -0.2) is 4.39 Å². The summed E-state index contributed by atoms with van der Waals surface area (Å²) >= 11 is 7.53. The molecule has 1 N–H and O–H groups in total. The van der Waals surface area contributed by atoms with Crippen LogP contribution in [-0.2, 0) is 17.0 Å². The number of thioether (sulfide) groups is 1. The minimum Gasteiger partial charge on any atom is -0.481 e. The number of nitrogens with one attached hydrogen (secondary N) is 1. The molecule has 27 heavy (non-hydrogen) atoms. The van der Waals surface area contributed by atoms with Crippen LogP contribution in [0.5, 0.6) is 5.75 Å². The zero-order valence-electron chi connectivity index (χ0n) is 15.6. The van der Waals surface area contributed by atoms with E-state index in [4.69, 9.17) is 16.3 Å². The van der Waals surface area contributed by atoms with E-state index in [1.807, 2.05) is 31.2 Å². The van der Waals surface area contributed by atoms with E-state index in [9.17, 15) is 9.18 Å². The van der Waals surface area contributed by atoms with Crippen LogP contribution in [0.1, 0.15) is 31.4 Å². The van der Waals surface area contributed by atoms with Crippen LogP contribution in [-0.4, -0.2) is 24.3 Å². The number of carbonyl (C=O) groups is 1. The topological polar surface area (TPSA) is 38.3 Å². The number of amides is 1. The Labute approximate surface area is 169 Å². The molecule has 0 unspecified atom stereocenters. The molecule has 0 aromatic heterocycles. The van der Waals surface area contributed by atoms with Crippen molar-refractivity contribution < 1.29 is 13.9 Å². The first-order valence-corrected chi connectivity index (χ1v) is 10.6. The summed E-state index contributed by atoms with van der Waals surface area (Å²) in [6.07, 6.45) is 1.02. The third kappa shape index (κ3) is 6.74. The molecule has 0 fully saturated rings. The average molecular weight is 410 g/mol. The molecule has 0 aliphatic carbocycles. The average Bonchev–Trinajstić information content (AvgIpc) is 2.68. The van der Waals surface area contributed by atoms with Gasteiger partial charge in [0.1, 0.15) is 11.6 Å². The van der Waals surface area contributed by atoms with Crippen molar-refractivity contribution in [1.82, 2.24) is 5.32 Å². The number of halogens is 2. The van der Waals surface area contributed by atoms with Gasteiger partial charge in [-0.1, -0.05) is 43.6 Å². The minimum atomic E-state index is -0.525. The molecule has 0 radical (unpaired) electrons. The number of ether oxygens (including phenoxy) is 1. The van der Waals surface area contributed by atoms with Crippen molar-refractivity contribution >= 4 is 29.3 Å². The van der Waals surface area contributed by atoms with Gasteiger partial charge in [0.2, 0.25) is 0 Å². The largest absolute Gasteiger partial charge is 0.481 e. The zero-order valence-corrected chi connectivity index (χ0v) is 17.2. The van der Waals surface area contributed by atoms with Gasteiger partial charge in [-0.2, -0.15) is 11.8 Å². The van der Waals surface area contributed by atoms with Gasteiger partial charge in [0.05, 0.1) is 0 Å². The van der Waals surface area contributed by atoms with Crippen LogP contribution >= 0.6 is 23.4 Å². The smallest absolute Gasteiger partial charge is 0.261 e. The first-order chi connectivity index (χ1) is 13.0. The molecule has 0 saturated carbocycles. The van der Waals surface area contributed by atoms with E-state index in [2.05, 4.69) is 12.2 Å². The molecular weight excluding hydrogens is 385 g/mol. The van der Waals surface area contributed by atoms with E-state index in [0.29, 0.717) is 40.8 Å². The van der Waals surface area contributed by atoms with Crippen molar-refractivity contribution in [2.45, 2.75) is 38.5 Å². The lowest BCUT2D eigenvalue weighted by Crippen LogP contribution is -2.39. The van der Waals surface area contributed by atoms with Crippen molar-refractivity contribution in [3.8, 4) is 5.75 Å². The van der Waals surface area contributed by atoms with Gasteiger partial charge in [-0.15, -0.1) is 0 Å². The van der Waals surface area contributed by atoms with Crippen molar-refractivity contribution in [1.29, 1.82) is 0 Å². The summed E-state index contributed by atoms with van der Waals surface area (Å²) in [5.74, 6) is 1.39. The lowest BCUT2D eigenvalue weighted by atomic mass is 10.2. The molecule has 0 heterocycles. The molecule has 146 valence electrons. The molecule has 0 aliphatic rings. The van der Waals surface area contributed by atoms with Crippen LogP contribution in [0.25, 0.3) is 0 Å². The Morgan fingerprint density at radius 3 is 2.59 bits per heavy atom. The normalized spacial score (nSPS) is 11.9. The predicted octanol–water partition coefficient (Wildman–Crippen LogP) is 5.25. The summed E-state index contributed by atoms with van der Waals surface area (Å²) in [4.78, 5) is 12.3. The Hall–Kier alpha value is -1.72. The monoisotopic (exact) mass is 409 g/mol. The quantitative estimate of drug-likeness (QED) is 0.545. The molecular formula is C21H25ClFNO2S. The van der Waals surface area contributed by atoms with Gasteiger partial charge in [0.15, 0.2) is 6.10 Å². The third-order valence-electron chi connectivity index (χ3n) is 4.13. The molecule has 1 atom stereocenters. The van der Waals surface area contributed by atoms with Gasteiger partial charge in [0, 0.05) is 28.6 Å². The zero-order chi connectivity index (χ0) is 19.6. The summed E-state index contributed by atoms with van der Waals surface area (Å²) in [6.45, 7) is 4.50. The fourth-order valence-electron chi connectivity index (χ4n) is 2.49. The summed E-state index contributed by atoms with van der Waals surface area (Å²) in [5, 5.41) is 3.31. The molecule has 3 nitrogen and oxygen atoms in total. The van der Waals surface area contributed by atoms with Gasteiger partial charge in [-0.05, 0) is 42.7 Å². The highest BCUT2D eigenvalue weighted by Gasteiger charge is 2.17. The van der Waals surface area contributed by atoms with E-state index in [1.165, 1.54) is 23.4 Å². The molecule has 0 aliphatic heterocycles. The number of benzene rings is 2. The Bertz CT molecular complexity index is 719. The van der Waals surface area contributed by atoms with E-state index in [0.717, 1.165) is 6.42 Å². The van der Waals surface area contributed by atoms with Crippen LogP contribution in [0, 0.1) is 5.82 Å². The van der Waals surface area contributed by atoms with Crippen molar-refractivity contribution in [3.63, 3.8) is 0 Å². The number of aryl methyl sites for hydroxylation is 1. The summed E-state index contributed by atoms with van der Waals surface area (Å²) in [7, 11) is 0. The molecule has 2 aromatic rings. The van der Waals surface area contributed by atoms with Crippen molar-refractivity contribution in [2.75, 3.05) is 12.3 Å². The van der Waals surface area contributed by atoms with Gasteiger partial charge < -0.3 is 10.1 Å². The predicted molar refractivity (Wildman–Crippen MR) is 111 cm³/mol. The van der Waals surface area contributed by atoms with Crippen LogP contribution in [0.3, 0.4) is 0 Å². The van der Waals surface area contributed by atoms with Gasteiger partial charge >= 0.3 is 0 Å². The summed E-state index contributed by atoms with van der Waals surface area (Å²) < 4.78 is 19.5. The SMILES string of the molecule is CCc1ccc(O[C@H](CC)C(=O)NCCSCc2c(F)cccc2Cl)cc1. The van der Waals surface area contributed by atoms with Crippen molar-refractivity contribution in [3.05, 3.63) is 64.4 Å². The standard InChI is InChI=1S/C21H25ClFNO2S/c1-3-15-8-10-16(11-9-15)26-20(4-2)21(25)24-12-13-27-14-17-18(22)6-5-7-19(17)23/h5-11,20H,3-4,12-14H2,1-2H3,(H,24,25)/t20-/m1/s1. The third-order valence-corrected chi connectivity index (χ3v) is 5.47. The molecule has 0 saturated heterocycles. The van der Waals surface area contributed by atoms with Crippen LogP contribution in [0.2, 0.25) is 5.02 Å². The lowest BCUT2D eigenvalue weighted by Gasteiger charge is -2.17. The first-order valence-electron chi connectivity index (χ1n) is 9.09. The second kappa shape index (κ2) is 11.2. The molecule has 2 rings (SSSR count). The second-order valence-corrected chi connectivity index (χ2v) is 7.57. The lowest BCUT2D eigenvalue weighted by molar-refractivity contribution is -0.127.